The number of hydrogen-bond donors (Lipinski definition) is 1. The van der Waals surface area contributed by atoms with Crippen molar-refractivity contribution in [2.45, 2.75) is 12.6 Å². The van der Waals surface area contributed by atoms with Gasteiger partial charge in [-0.05, 0) is 33.7 Å². The highest BCUT2D eigenvalue weighted by Gasteiger charge is 2.24. The lowest BCUT2D eigenvalue weighted by atomic mass is 10.0. The van der Waals surface area contributed by atoms with Gasteiger partial charge < -0.3 is 10.2 Å². The Labute approximate surface area is 151 Å². The Balaban J connectivity index is 1.43. The number of amides is 1. The van der Waals surface area contributed by atoms with Crippen molar-refractivity contribution in [1.82, 2.24) is 30.4 Å². The lowest BCUT2D eigenvalue weighted by molar-refractivity contribution is 0.0703. The molecule has 3 aromatic rings. The summed E-state index contributed by atoms with van der Waals surface area (Å²) in [5.74, 6) is 0.0707. The molecule has 1 amide bonds. The summed E-state index contributed by atoms with van der Waals surface area (Å²) in [4.78, 5) is 14.8. The van der Waals surface area contributed by atoms with Crippen molar-refractivity contribution in [2.75, 3.05) is 19.6 Å². The first-order valence-electron chi connectivity index (χ1n) is 8.67. The van der Waals surface area contributed by atoms with Gasteiger partial charge in [0.25, 0.3) is 5.91 Å². The molecule has 1 saturated heterocycles. The third kappa shape index (κ3) is 3.62. The molecule has 26 heavy (non-hydrogen) atoms. The number of tetrazole rings is 1. The van der Waals surface area contributed by atoms with Gasteiger partial charge in [0.05, 0.1) is 6.54 Å². The molecule has 0 unspecified atom stereocenters. The van der Waals surface area contributed by atoms with Gasteiger partial charge in [-0.25, -0.2) is 4.68 Å². The van der Waals surface area contributed by atoms with E-state index in [9.17, 15) is 4.79 Å². The van der Waals surface area contributed by atoms with Crippen molar-refractivity contribution >= 4 is 5.91 Å². The van der Waals surface area contributed by atoms with Crippen LogP contribution in [-0.2, 0) is 6.54 Å². The zero-order valence-electron chi connectivity index (χ0n) is 14.3. The van der Waals surface area contributed by atoms with Crippen molar-refractivity contribution in [3.63, 3.8) is 0 Å². The van der Waals surface area contributed by atoms with E-state index in [1.54, 1.807) is 11.0 Å². The van der Waals surface area contributed by atoms with Crippen LogP contribution in [0.25, 0.3) is 0 Å². The van der Waals surface area contributed by atoms with E-state index in [-0.39, 0.29) is 11.9 Å². The molecule has 132 valence electrons. The Kier molecular flexibility index (Phi) is 4.70. The van der Waals surface area contributed by atoms with E-state index in [1.165, 1.54) is 5.56 Å². The van der Waals surface area contributed by atoms with E-state index in [4.69, 9.17) is 0 Å². The molecule has 1 aromatic heterocycles. The maximum absolute atomic E-state index is 12.9. The Morgan fingerprint density at radius 3 is 2.65 bits per heavy atom. The number of piperazine rings is 1. The van der Waals surface area contributed by atoms with Crippen LogP contribution in [0.2, 0.25) is 0 Å². The average Bonchev–Trinajstić information content (AvgIpc) is 3.22. The summed E-state index contributed by atoms with van der Waals surface area (Å²) in [6.45, 7) is 2.78. The fraction of sp³-hybridized carbons (Fsp3) is 0.263. The van der Waals surface area contributed by atoms with Gasteiger partial charge >= 0.3 is 0 Å². The SMILES string of the molecule is O=C(c1ccc(Cn2cnnn2)cc1)N1CCN[C@@H](c2ccccc2)C1. The standard InChI is InChI=1S/C19H20N6O/c26-19(17-8-6-15(7-9-17)12-25-14-21-22-23-25)24-11-10-20-18(13-24)16-4-2-1-3-5-16/h1-9,14,18,20H,10-13H2/t18-/m1/s1. The van der Waals surface area contributed by atoms with Gasteiger partial charge in [0, 0.05) is 31.2 Å². The van der Waals surface area contributed by atoms with E-state index in [1.807, 2.05) is 47.4 Å². The van der Waals surface area contributed by atoms with Crippen molar-refractivity contribution in [1.29, 1.82) is 0 Å². The Bertz CT molecular complexity index is 848. The van der Waals surface area contributed by atoms with Crippen molar-refractivity contribution < 1.29 is 4.79 Å². The molecule has 1 N–H and O–H groups in total. The van der Waals surface area contributed by atoms with Crippen LogP contribution in [0.1, 0.15) is 27.5 Å². The molecule has 4 rings (SSSR count). The molecule has 0 radical (unpaired) electrons. The summed E-state index contributed by atoms with van der Waals surface area (Å²) >= 11 is 0. The van der Waals surface area contributed by atoms with Gasteiger partial charge in [-0.15, -0.1) is 5.10 Å². The first-order chi connectivity index (χ1) is 12.8. The zero-order chi connectivity index (χ0) is 17.8. The number of aromatic nitrogens is 4. The monoisotopic (exact) mass is 348 g/mol. The Morgan fingerprint density at radius 2 is 1.92 bits per heavy atom. The van der Waals surface area contributed by atoms with E-state index < -0.39 is 0 Å². The Hall–Kier alpha value is -3.06. The van der Waals surface area contributed by atoms with Crippen LogP contribution in [0.4, 0.5) is 0 Å². The molecule has 0 aliphatic carbocycles. The van der Waals surface area contributed by atoms with Crippen molar-refractivity contribution in [3.8, 4) is 0 Å². The number of nitrogens with one attached hydrogen (secondary N) is 1. The minimum Gasteiger partial charge on any atom is -0.335 e. The van der Waals surface area contributed by atoms with Crippen LogP contribution in [0.15, 0.2) is 60.9 Å². The molecule has 1 atom stereocenters. The first-order valence-corrected chi connectivity index (χ1v) is 8.67. The van der Waals surface area contributed by atoms with Crippen LogP contribution in [-0.4, -0.2) is 50.6 Å². The second-order valence-corrected chi connectivity index (χ2v) is 6.37. The second kappa shape index (κ2) is 7.45. The molecule has 1 fully saturated rings. The predicted molar refractivity (Wildman–Crippen MR) is 96.5 cm³/mol. The van der Waals surface area contributed by atoms with Gasteiger partial charge in [0.1, 0.15) is 6.33 Å². The number of benzene rings is 2. The summed E-state index contributed by atoms with van der Waals surface area (Å²) in [5.41, 5.74) is 2.97. The minimum atomic E-state index is 0.0707. The summed E-state index contributed by atoms with van der Waals surface area (Å²) in [6.07, 6.45) is 1.57. The van der Waals surface area contributed by atoms with E-state index >= 15 is 0 Å². The molecule has 1 aliphatic heterocycles. The van der Waals surface area contributed by atoms with E-state index in [0.29, 0.717) is 25.2 Å². The zero-order valence-corrected chi connectivity index (χ0v) is 14.3. The molecule has 0 bridgehead atoms. The Morgan fingerprint density at radius 1 is 1.12 bits per heavy atom. The van der Waals surface area contributed by atoms with Crippen LogP contribution >= 0.6 is 0 Å². The van der Waals surface area contributed by atoms with Crippen molar-refractivity contribution in [3.05, 3.63) is 77.6 Å². The molecule has 0 saturated carbocycles. The topological polar surface area (TPSA) is 75.9 Å². The van der Waals surface area contributed by atoms with Gasteiger partial charge in [0.15, 0.2) is 0 Å². The fourth-order valence-electron chi connectivity index (χ4n) is 3.22. The average molecular weight is 348 g/mol. The van der Waals surface area contributed by atoms with Crippen LogP contribution in [0.3, 0.4) is 0 Å². The fourth-order valence-corrected chi connectivity index (χ4v) is 3.22. The molecule has 7 nitrogen and oxygen atoms in total. The highest BCUT2D eigenvalue weighted by Crippen LogP contribution is 2.19. The quantitative estimate of drug-likeness (QED) is 0.773. The normalized spacial score (nSPS) is 17.2. The third-order valence-corrected chi connectivity index (χ3v) is 4.60. The number of hydrogen-bond acceptors (Lipinski definition) is 5. The van der Waals surface area contributed by atoms with Crippen molar-refractivity contribution in [2.24, 2.45) is 0 Å². The molecule has 1 aliphatic rings. The van der Waals surface area contributed by atoms with Gasteiger partial charge in [0.2, 0.25) is 0 Å². The van der Waals surface area contributed by atoms with E-state index in [2.05, 4.69) is 33.0 Å². The molecule has 2 heterocycles. The lowest BCUT2D eigenvalue weighted by Gasteiger charge is -2.34. The number of nitrogens with zero attached hydrogens (tertiary/aromatic N) is 5. The summed E-state index contributed by atoms with van der Waals surface area (Å²) in [5, 5.41) is 14.6. The smallest absolute Gasteiger partial charge is 0.253 e. The molecular weight excluding hydrogens is 328 g/mol. The lowest BCUT2D eigenvalue weighted by Crippen LogP contribution is -2.48. The molecule has 2 aromatic carbocycles. The van der Waals surface area contributed by atoms with Gasteiger partial charge in [-0.1, -0.05) is 42.5 Å². The second-order valence-electron chi connectivity index (χ2n) is 6.37. The van der Waals surface area contributed by atoms with Gasteiger partial charge in [-0.2, -0.15) is 0 Å². The maximum Gasteiger partial charge on any atom is 0.253 e. The summed E-state index contributed by atoms with van der Waals surface area (Å²) in [7, 11) is 0. The highest BCUT2D eigenvalue weighted by molar-refractivity contribution is 5.94. The predicted octanol–water partition coefficient (Wildman–Crippen LogP) is 1.51. The van der Waals surface area contributed by atoms with Crippen LogP contribution in [0.5, 0.6) is 0 Å². The van der Waals surface area contributed by atoms with Crippen LogP contribution < -0.4 is 5.32 Å². The maximum atomic E-state index is 12.9. The van der Waals surface area contributed by atoms with Gasteiger partial charge in [-0.3, -0.25) is 4.79 Å². The molecular formula is C19H20N6O. The number of carbonyl (C=O) groups excluding carboxylic acids is 1. The minimum absolute atomic E-state index is 0.0707. The molecule has 7 heteroatoms. The summed E-state index contributed by atoms with van der Waals surface area (Å²) < 4.78 is 1.65. The molecule has 0 spiro atoms. The van der Waals surface area contributed by atoms with E-state index in [0.717, 1.165) is 12.1 Å². The third-order valence-electron chi connectivity index (χ3n) is 4.60. The first kappa shape index (κ1) is 16.4. The highest BCUT2D eigenvalue weighted by atomic mass is 16.2. The summed E-state index contributed by atoms with van der Waals surface area (Å²) in [6, 6.07) is 18.1. The van der Waals surface area contributed by atoms with Crippen LogP contribution in [0, 0.1) is 0 Å². The number of carbonyl (C=O) groups is 1. The largest absolute Gasteiger partial charge is 0.335 e. The number of rotatable bonds is 4.